The highest BCUT2D eigenvalue weighted by Gasteiger charge is 2.17. The highest BCUT2D eigenvalue weighted by atomic mass is 32.2. The van der Waals surface area contributed by atoms with Crippen molar-refractivity contribution in [1.82, 2.24) is 4.98 Å². The van der Waals surface area contributed by atoms with Crippen LogP contribution in [0.2, 0.25) is 0 Å². The first-order valence-corrected chi connectivity index (χ1v) is 10.1. The van der Waals surface area contributed by atoms with Crippen LogP contribution >= 0.6 is 0 Å². The van der Waals surface area contributed by atoms with Crippen LogP contribution < -0.4 is 10.0 Å². The van der Waals surface area contributed by atoms with E-state index in [4.69, 9.17) is 4.42 Å². The van der Waals surface area contributed by atoms with E-state index in [1.54, 1.807) is 48.5 Å². The van der Waals surface area contributed by atoms with E-state index in [2.05, 4.69) is 15.0 Å². The summed E-state index contributed by atoms with van der Waals surface area (Å²) >= 11 is 0. The maximum Gasteiger partial charge on any atom is 0.309 e. The molecule has 1 heterocycles. The minimum absolute atomic E-state index is 0.0468. The average Bonchev–Trinajstić information content (AvgIpc) is 3.11. The molecule has 4 N–H and O–H groups in total. The van der Waals surface area contributed by atoms with Crippen LogP contribution in [0.3, 0.4) is 0 Å². The Bertz CT molecular complexity index is 1230. The van der Waals surface area contributed by atoms with Gasteiger partial charge in [-0.05, 0) is 42.5 Å². The van der Waals surface area contributed by atoms with Gasteiger partial charge in [-0.15, -0.1) is 0 Å². The maximum absolute atomic E-state index is 12.6. The van der Waals surface area contributed by atoms with Crippen LogP contribution in [0.15, 0.2) is 76.0 Å². The van der Waals surface area contributed by atoms with Crippen molar-refractivity contribution in [2.45, 2.75) is 11.4 Å². The third kappa shape index (κ3) is 3.94. The van der Waals surface area contributed by atoms with E-state index in [-0.39, 0.29) is 29.0 Å². The molecule has 0 unspecified atom stereocenters. The van der Waals surface area contributed by atoms with Gasteiger partial charge in [0.1, 0.15) is 5.52 Å². The van der Waals surface area contributed by atoms with Gasteiger partial charge in [-0.1, -0.05) is 24.3 Å². The summed E-state index contributed by atoms with van der Waals surface area (Å²) in [6.07, 6.45) is 0. The summed E-state index contributed by atoms with van der Waals surface area (Å²) in [5, 5.41) is 22.4. The molecule has 0 fully saturated rings. The summed E-state index contributed by atoms with van der Waals surface area (Å²) in [6, 6.07) is 17.6. The van der Waals surface area contributed by atoms with E-state index in [0.717, 1.165) is 0 Å². The Morgan fingerprint density at radius 1 is 0.931 bits per heavy atom. The topological polar surface area (TPSA) is 125 Å². The van der Waals surface area contributed by atoms with Crippen molar-refractivity contribution in [2.24, 2.45) is 0 Å². The van der Waals surface area contributed by atoms with Crippen molar-refractivity contribution in [3.05, 3.63) is 72.3 Å². The van der Waals surface area contributed by atoms with Gasteiger partial charge in [0.2, 0.25) is 0 Å². The first-order valence-electron chi connectivity index (χ1n) is 8.64. The number of phenols is 2. The second-order valence-electron chi connectivity index (χ2n) is 6.26. The molecule has 29 heavy (non-hydrogen) atoms. The van der Waals surface area contributed by atoms with Crippen molar-refractivity contribution < 1.29 is 23.0 Å². The van der Waals surface area contributed by atoms with E-state index in [9.17, 15) is 18.6 Å². The molecule has 0 aliphatic rings. The van der Waals surface area contributed by atoms with Crippen LogP contribution in [0.25, 0.3) is 11.1 Å². The van der Waals surface area contributed by atoms with Gasteiger partial charge in [-0.2, -0.15) is 4.98 Å². The fourth-order valence-electron chi connectivity index (χ4n) is 2.76. The Morgan fingerprint density at radius 2 is 1.69 bits per heavy atom. The van der Waals surface area contributed by atoms with Crippen molar-refractivity contribution >= 4 is 32.8 Å². The second kappa shape index (κ2) is 7.36. The SMILES string of the molecule is O=S(=O)(Nc1nc2ccccc2o1)c1ccc(NCc2cccc(O)c2O)cc1. The Labute approximate surface area is 166 Å². The highest BCUT2D eigenvalue weighted by molar-refractivity contribution is 7.92. The molecule has 0 bridgehead atoms. The first kappa shape index (κ1) is 18.6. The average molecular weight is 411 g/mol. The van der Waals surface area contributed by atoms with Gasteiger partial charge in [0.15, 0.2) is 17.1 Å². The zero-order valence-electron chi connectivity index (χ0n) is 15.0. The minimum Gasteiger partial charge on any atom is -0.504 e. The maximum atomic E-state index is 12.6. The molecule has 0 atom stereocenters. The van der Waals surface area contributed by atoms with Crippen molar-refractivity contribution in [1.29, 1.82) is 0 Å². The summed E-state index contributed by atoms with van der Waals surface area (Å²) in [4.78, 5) is 4.15. The number of anilines is 2. The normalized spacial score (nSPS) is 11.4. The van der Waals surface area contributed by atoms with Crippen LogP contribution in [0.4, 0.5) is 11.7 Å². The Hall–Kier alpha value is -3.72. The molecule has 1 aromatic heterocycles. The molecule has 8 nitrogen and oxygen atoms in total. The summed E-state index contributed by atoms with van der Waals surface area (Å²) in [6.45, 7) is 0.257. The van der Waals surface area contributed by atoms with Crippen molar-refractivity contribution in [3.8, 4) is 11.5 Å². The largest absolute Gasteiger partial charge is 0.504 e. The predicted molar refractivity (Wildman–Crippen MR) is 108 cm³/mol. The molecule has 3 aromatic carbocycles. The van der Waals surface area contributed by atoms with E-state index in [1.807, 2.05) is 0 Å². The fourth-order valence-corrected chi connectivity index (χ4v) is 3.69. The molecule has 0 radical (unpaired) electrons. The molecule has 0 spiro atoms. The molecule has 0 saturated carbocycles. The number of rotatable bonds is 6. The Kier molecular flexibility index (Phi) is 4.73. The van der Waals surface area contributed by atoms with Gasteiger partial charge >= 0.3 is 6.01 Å². The zero-order valence-corrected chi connectivity index (χ0v) is 15.8. The van der Waals surface area contributed by atoms with Gasteiger partial charge in [-0.25, -0.2) is 13.1 Å². The van der Waals surface area contributed by atoms with Crippen LogP contribution in [-0.4, -0.2) is 23.6 Å². The quantitative estimate of drug-likeness (QED) is 0.357. The van der Waals surface area contributed by atoms with E-state index in [1.165, 1.54) is 18.2 Å². The van der Waals surface area contributed by atoms with Gasteiger partial charge < -0.3 is 19.9 Å². The summed E-state index contributed by atoms with van der Waals surface area (Å²) < 4.78 is 32.8. The van der Waals surface area contributed by atoms with Crippen LogP contribution in [-0.2, 0) is 16.6 Å². The monoisotopic (exact) mass is 411 g/mol. The molecule has 148 valence electrons. The number of oxazole rings is 1. The molecule has 9 heteroatoms. The van der Waals surface area contributed by atoms with Gasteiger partial charge in [0.05, 0.1) is 4.90 Å². The van der Waals surface area contributed by atoms with E-state index < -0.39 is 10.0 Å². The molecular weight excluding hydrogens is 394 g/mol. The smallest absolute Gasteiger partial charge is 0.309 e. The lowest BCUT2D eigenvalue weighted by Gasteiger charge is -2.10. The molecule has 0 aliphatic heterocycles. The van der Waals surface area contributed by atoms with Gasteiger partial charge in [0.25, 0.3) is 10.0 Å². The molecule has 4 rings (SSSR count). The van der Waals surface area contributed by atoms with Gasteiger partial charge in [0, 0.05) is 17.8 Å². The number of nitrogens with one attached hydrogen (secondary N) is 2. The molecular formula is C20H17N3O5S. The zero-order chi connectivity index (χ0) is 20.4. The molecule has 4 aromatic rings. The first-order chi connectivity index (χ1) is 13.9. The number of nitrogens with zero attached hydrogens (tertiary/aromatic N) is 1. The van der Waals surface area contributed by atoms with Crippen molar-refractivity contribution in [3.63, 3.8) is 0 Å². The van der Waals surface area contributed by atoms with E-state index >= 15 is 0 Å². The van der Waals surface area contributed by atoms with Crippen LogP contribution in [0.1, 0.15) is 5.56 Å². The second-order valence-corrected chi connectivity index (χ2v) is 7.94. The lowest BCUT2D eigenvalue weighted by Crippen LogP contribution is -2.13. The van der Waals surface area contributed by atoms with Gasteiger partial charge in [-0.3, -0.25) is 0 Å². The molecule has 0 aliphatic carbocycles. The van der Waals surface area contributed by atoms with Crippen LogP contribution in [0.5, 0.6) is 11.5 Å². The number of aromatic nitrogens is 1. The Balaban J connectivity index is 1.46. The number of hydrogen-bond acceptors (Lipinski definition) is 7. The molecule has 0 saturated heterocycles. The standard InChI is InChI=1S/C20H17N3O5S/c24-17-6-3-4-13(19(17)25)12-21-14-8-10-15(11-9-14)29(26,27)23-20-22-16-5-1-2-7-18(16)28-20/h1-11,21,24-25H,12H2,(H,22,23). The highest BCUT2D eigenvalue weighted by Crippen LogP contribution is 2.29. The third-order valence-corrected chi connectivity index (χ3v) is 5.60. The molecule has 0 amide bonds. The number of sulfonamides is 1. The Morgan fingerprint density at radius 3 is 2.45 bits per heavy atom. The number of aromatic hydroxyl groups is 2. The predicted octanol–water partition coefficient (Wildman–Crippen LogP) is 3.65. The minimum atomic E-state index is -3.86. The number of fused-ring (bicyclic) bond motifs is 1. The van der Waals surface area contributed by atoms with E-state index in [0.29, 0.717) is 22.4 Å². The fraction of sp³-hybridized carbons (Fsp3) is 0.0500. The third-order valence-electron chi connectivity index (χ3n) is 4.26. The summed E-state index contributed by atoms with van der Waals surface area (Å²) in [5.74, 6) is -0.391. The number of para-hydroxylation sites is 3. The number of benzene rings is 3. The summed E-state index contributed by atoms with van der Waals surface area (Å²) in [7, 11) is -3.86. The number of phenolic OH excluding ortho intramolecular Hbond substituents is 2. The number of hydrogen-bond donors (Lipinski definition) is 4. The van der Waals surface area contributed by atoms with Crippen molar-refractivity contribution in [2.75, 3.05) is 10.0 Å². The summed E-state index contributed by atoms with van der Waals surface area (Å²) in [5.41, 5.74) is 2.20. The lowest BCUT2D eigenvalue weighted by molar-refractivity contribution is 0.400. The lowest BCUT2D eigenvalue weighted by atomic mass is 10.2. The van der Waals surface area contributed by atoms with Crippen LogP contribution in [0, 0.1) is 0 Å².